The standard InChI is InChI=1S/C18H31N3O2/c1-2-3-4-5-6-7-8-9-10-11-17-20-13-15-21(17,14-12-19)16-18(22)23/h3-4,13,15H,2,5-12,14,16,19H2,1H3/b4-3+. The molecule has 0 bridgehead atoms. The molecule has 1 aliphatic rings. The minimum Gasteiger partial charge on any atom is -0.544 e. The number of allylic oxidation sites excluding steroid dienone is 2. The number of nitrogens with two attached hydrogens (primary N) is 1. The number of amidine groups is 1. The lowest BCUT2D eigenvalue weighted by atomic mass is 10.1. The topological polar surface area (TPSA) is 78.5 Å². The number of unbranched alkanes of at least 4 members (excludes halogenated alkanes) is 5. The van der Waals surface area contributed by atoms with Gasteiger partial charge in [0.2, 0.25) is 5.84 Å². The van der Waals surface area contributed by atoms with E-state index in [1.54, 1.807) is 6.20 Å². The van der Waals surface area contributed by atoms with Crippen LogP contribution in [0.15, 0.2) is 29.5 Å². The predicted octanol–water partition coefficient (Wildman–Crippen LogP) is 2.09. The Kier molecular flexibility index (Phi) is 9.48. The second kappa shape index (κ2) is 11.1. The van der Waals surface area contributed by atoms with Crippen LogP contribution in [0.1, 0.15) is 58.3 Å². The number of quaternary nitrogens is 1. The Labute approximate surface area is 140 Å². The van der Waals surface area contributed by atoms with Crippen molar-refractivity contribution in [3.8, 4) is 0 Å². The molecule has 0 fully saturated rings. The number of carbonyl (C=O) groups is 1. The van der Waals surface area contributed by atoms with E-state index in [9.17, 15) is 9.90 Å². The number of hydrogen-bond donors (Lipinski definition) is 1. The van der Waals surface area contributed by atoms with Gasteiger partial charge in [0, 0.05) is 13.0 Å². The van der Waals surface area contributed by atoms with Crippen molar-refractivity contribution in [3.05, 3.63) is 24.6 Å². The molecule has 5 nitrogen and oxygen atoms in total. The van der Waals surface area contributed by atoms with Crippen LogP contribution in [0.2, 0.25) is 0 Å². The van der Waals surface area contributed by atoms with Crippen LogP contribution in [0.4, 0.5) is 0 Å². The molecule has 5 heteroatoms. The van der Waals surface area contributed by atoms with Gasteiger partial charge in [-0.3, -0.25) is 0 Å². The number of aliphatic imine (C=N–C) groups is 1. The van der Waals surface area contributed by atoms with Gasteiger partial charge >= 0.3 is 0 Å². The quantitative estimate of drug-likeness (QED) is 0.320. The molecule has 0 saturated heterocycles. The highest BCUT2D eigenvalue weighted by Gasteiger charge is 2.34. The third-order valence-electron chi connectivity index (χ3n) is 4.20. The van der Waals surface area contributed by atoms with E-state index in [0.717, 1.165) is 31.5 Å². The first-order chi connectivity index (χ1) is 11.1. The summed E-state index contributed by atoms with van der Waals surface area (Å²) in [6, 6.07) is 0. The van der Waals surface area contributed by atoms with Gasteiger partial charge in [-0.15, -0.1) is 0 Å². The number of rotatable bonds is 13. The first kappa shape index (κ1) is 19.6. The zero-order valence-corrected chi connectivity index (χ0v) is 14.4. The molecule has 0 aromatic carbocycles. The van der Waals surface area contributed by atoms with Crippen molar-refractivity contribution in [1.29, 1.82) is 0 Å². The largest absolute Gasteiger partial charge is 0.544 e. The Bertz CT molecular complexity index is 444. The lowest BCUT2D eigenvalue weighted by molar-refractivity contribution is -0.780. The molecule has 0 aromatic heterocycles. The fourth-order valence-corrected chi connectivity index (χ4v) is 2.98. The van der Waals surface area contributed by atoms with Crippen molar-refractivity contribution in [1.82, 2.24) is 0 Å². The third-order valence-corrected chi connectivity index (χ3v) is 4.20. The minimum atomic E-state index is -1.06. The highest BCUT2D eigenvalue weighted by Crippen LogP contribution is 2.20. The molecule has 0 saturated carbocycles. The average Bonchev–Trinajstić information content (AvgIpc) is 2.87. The molecule has 1 atom stereocenters. The van der Waals surface area contributed by atoms with E-state index >= 15 is 0 Å². The van der Waals surface area contributed by atoms with Crippen LogP contribution in [0.5, 0.6) is 0 Å². The second-order valence-corrected chi connectivity index (χ2v) is 6.11. The Morgan fingerprint density at radius 3 is 2.70 bits per heavy atom. The maximum atomic E-state index is 11.0. The van der Waals surface area contributed by atoms with Crippen LogP contribution < -0.4 is 10.8 Å². The van der Waals surface area contributed by atoms with Gasteiger partial charge in [0.25, 0.3) is 0 Å². The van der Waals surface area contributed by atoms with Crippen LogP contribution in [0, 0.1) is 0 Å². The summed E-state index contributed by atoms with van der Waals surface area (Å²) in [6.07, 6.45) is 17.1. The summed E-state index contributed by atoms with van der Waals surface area (Å²) < 4.78 is 0.237. The average molecular weight is 321 g/mol. The van der Waals surface area contributed by atoms with Crippen LogP contribution in [-0.2, 0) is 4.79 Å². The molecule has 0 amide bonds. The van der Waals surface area contributed by atoms with Gasteiger partial charge in [0.15, 0.2) is 0 Å². The lowest BCUT2D eigenvalue weighted by Gasteiger charge is -2.32. The number of carbonyl (C=O) groups excluding carboxylic acids is 1. The number of hydrogen-bond acceptors (Lipinski definition) is 4. The number of carboxylic acid groups (broad SMARTS) is 1. The summed E-state index contributed by atoms with van der Waals surface area (Å²) in [4.78, 5) is 15.4. The van der Waals surface area contributed by atoms with Gasteiger partial charge in [-0.25, -0.2) is 9.48 Å². The fourth-order valence-electron chi connectivity index (χ4n) is 2.98. The van der Waals surface area contributed by atoms with Crippen molar-refractivity contribution in [2.24, 2.45) is 10.7 Å². The number of aliphatic carboxylic acids is 1. The van der Waals surface area contributed by atoms with Crippen molar-refractivity contribution >= 4 is 11.8 Å². The predicted molar refractivity (Wildman–Crippen MR) is 92.4 cm³/mol. The molecule has 1 rings (SSSR count). The molecule has 130 valence electrons. The van der Waals surface area contributed by atoms with Crippen LogP contribution in [0.3, 0.4) is 0 Å². The summed E-state index contributed by atoms with van der Waals surface area (Å²) in [5.41, 5.74) is 5.65. The monoisotopic (exact) mass is 321 g/mol. The summed E-state index contributed by atoms with van der Waals surface area (Å²) in [6.45, 7) is 3.08. The van der Waals surface area contributed by atoms with Gasteiger partial charge < -0.3 is 15.6 Å². The maximum absolute atomic E-state index is 11.0. The van der Waals surface area contributed by atoms with E-state index in [4.69, 9.17) is 5.73 Å². The molecular weight excluding hydrogens is 290 g/mol. The zero-order valence-electron chi connectivity index (χ0n) is 14.4. The maximum Gasteiger partial charge on any atom is 0.207 e. The summed E-state index contributed by atoms with van der Waals surface area (Å²) in [5, 5.41) is 11.0. The van der Waals surface area contributed by atoms with E-state index in [0.29, 0.717) is 13.1 Å². The van der Waals surface area contributed by atoms with Gasteiger partial charge in [-0.2, -0.15) is 0 Å². The lowest BCUT2D eigenvalue weighted by Crippen LogP contribution is -2.55. The van der Waals surface area contributed by atoms with Crippen LogP contribution in [-0.4, -0.2) is 35.9 Å². The fraction of sp³-hybridized carbons (Fsp3) is 0.667. The SMILES string of the molecule is CC/C=C/CCCCCCCC1=NC=C[N+]1(CCN)CC(=O)[O-]. The molecule has 0 spiro atoms. The highest BCUT2D eigenvalue weighted by molar-refractivity contribution is 5.80. The summed E-state index contributed by atoms with van der Waals surface area (Å²) in [5.74, 6) is -0.150. The van der Waals surface area contributed by atoms with Crippen molar-refractivity contribution in [2.75, 3.05) is 19.6 Å². The van der Waals surface area contributed by atoms with E-state index in [1.165, 1.54) is 25.7 Å². The first-order valence-corrected chi connectivity index (χ1v) is 8.81. The van der Waals surface area contributed by atoms with Gasteiger partial charge in [0.05, 0.1) is 12.2 Å². The van der Waals surface area contributed by atoms with E-state index in [-0.39, 0.29) is 11.0 Å². The van der Waals surface area contributed by atoms with Crippen molar-refractivity contribution in [2.45, 2.75) is 58.3 Å². The van der Waals surface area contributed by atoms with Crippen molar-refractivity contribution < 1.29 is 14.4 Å². The normalized spacial score (nSPS) is 20.3. The van der Waals surface area contributed by atoms with E-state index in [2.05, 4.69) is 24.1 Å². The Morgan fingerprint density at radius 2 is 2.00 bits per heavy atom. The minimum absolute atomic E-state index is 0.0731. The Hall–Kier alpha value is -1.46. The Morgan fingerprint density at radius 1 is 1.26 bits per heavy atom. The molecular formula is C18H31N3O2. The molecule has 1 heterocycles. The summed E-state index contributed by atoms with van der Waals surface area (Å²) in [7, 11) is 0. The van der Waals surface area contributed by atoms with E-state index in [1.807, 2.05) is 6.20 Å². The second-order valence-electron chi connectivity index (χ2n) is 6.11. The Balaban J connectivity index is 2.28. The van der Waals surface area contributed by atoms with Gasteiger partial charge in [-0.05, 0) is 25.7 Å². The molecule has 0 aliphatic carbocycles. The van der Waals surface area contributed by atoms with Crippen LogP contribution in [0.25, 0.3) is 0 Å². The molecule has 23 heavy (non-hydrogen) atoms. The van der Waals surface area contributed by atoms with Crippen molar-refractivity contribution in [3.63, 3.8) is 0 Å². The van der Waals surface area contributed by atoms with E-state index < -0.39 is 5.97 Å². The third kappa shape index (κ3) is 7.10. The summed E-state index contributed by atoms with van der Waals surface area (Å²) >= 11 is 0. The first-order valence-electron chi connectivity index (χ1n) is 8.81. The molecule has 2 N–H and O–H groups in total. The molecule has 0 aromatic rings. The van der Waals surface area contributed by atoms with Gasteiger partial charge in [-0.1, -0.05) is 38.3 Å². The van der Waals surface area contributed by atoms with Crippen LogP contribution >= 0.6 is 0 Å². The molecule has 1 unspecified atom stereocenters. The molecule has 0 radical (unpaired) electrons. The highest BCUT2D eigenvalue weighted by atomic mass is 16.4. The van der Waals surface area contributed by atoms with Gasteiger partial charge in [0.1, 0.15) is 19.3 Å². The number of carboxylic acids is 1. The zero-order chi connectivity index (χ0) is 17.0. The number of nitrogens with zero attached hydrogens (tertiary/aromatic N) is 2. The molecule has 1 aliphatic heterocycles. The smallest absolute Gasteiger partial charge is 0.207 e.